The predicted octanol–water partition coefficient (Wildman–Crippen LogP) is 2.42. The minimum atomic E-state index is -0.676. The number of benzene rings is 2. The average molecular weight is 471 g/mol. The van der Waals surface area contributed by atoms with E-state index in [9.17, 15) is 14.4 Å². The third-order valence-corrected chi connectivity index (χ3v) is 7.11. The van der Waals surface area contributed by atoms with Crippen LogP contribution in [0.1, 0.15) is 40.0 Å². The number of aromatic nitrogens is 1. The van der Waals surface area contributed by atoms with Crippen molar-refractivity contribution in [2.45, 2.75) is 31.8 Å². The van der Waals surface area contributed by atoms with Crippen molar-refractivity contribution in [1.29, 1.82) is 0 Å². The molecule has 0 aliphatic carbocycles. The summed E-state index contributed by atoms with van der Waals surface area (Å²) in [6.45, 7) is 4.22. The zero-order valence-electron chi connectivity index (χ0n) is 19.3. The van der Waals surface area contributed by atoms with Gasteiger partial charge < -0.3 is 4.74 Å². The van der Waals surface area contributed by atoms with Gasteiger partial charge in [-0.3, -0.25) is 34.5 Å². The number of rotatable bonds is 5. The molecule has 35 heavy (non-hydrogen) atoms. The van der Waals surface area contributed by atoms with Crippen LogP contribution in [0.15, 0.2) is 48.7 Å². The maximum atomic E-state index is 13.3. The van der Waals surface area contributed by atoms with E-state index < -0.39 is 11.9 Å². The lowest BCUT2D eigenvalue weighted by Crippen LogP contribution is -2.53. The van der Waals surface area contributed by atoms with Crippen LogP contribution in [-0.4, -0.2) is 60.0 Å². The Morgan fingerprint density at radius 3 is 2.66 bits per heavy atom. The SMILES string of the molecule is O=C1CCC(N2C(=O)c3cccc4c(Cc5ccc(CN6CCOCC6)nc5)ccc2c34)C(=O)N1. The fourth-order valence-corrected chi connectivity index (χ4v) is 5.32. The number of carbonyl (C=O) groups is 3. The highest BCUT2D eigenvalue weighted by Crippen LogP contribution is 2.41. The molecule has 1 unspecified atom stereocenters. The van der Waals surface area contributed by atoms with Crippen molar-refractivity contribution in [3.63, 3.8) is 0 Å². The van der Waals surface area contributed by atoms with E-state index in [2.05, 4.69) is 27.3 Å². The van der Waals surface area contributed by atoms with Crippen LogP contribution in [0.4, 0.5) is 5.69 Å². The summed E-state index contributed by atoms with van der Waals surface area (Å²) < 4.78 is 5.42. The lowest BCUT2D eigenvalue weighted by atomic mass is 9.96. The number of nitrogens with zero attached hydrogens (tertiary/aromatic N) is 3. The summed E-state index contributed by atoms with van der Waals surface area (Å²) in [6, 6.07) is 13.2. The third-order valence-electron chi connectivity index (χ3n) is 7.11. The zero-order valence-corrected chi connectivity index (χ0v) is 19.3. The largest absolute Gasteiger partial charge is 0.379 e. The van der Waals surface area contributed by atoms with Crippen LogP contribution in [0.25, 0.3) is 10.8 Å². The average Bonchev–Trinajstić information content (AvgIpc) is 3.15. The lowest BCUT2D eigenvalue weighted by Gasteiger charge is -2.30. The van der Waals surface area contributed by atoms with E-state index in [1.807, 2.05) is 36.5 Å². The standard InChI is InChI=1S/C27H26N4O4/c32-24-9-8-23(26(33)29-24)31-22-7-5-18(20-2-1-3-21(25(20)22)27(31)34)14-17-4-6-19(28-15-17)16-30-10-12-35-13-11-30/h1-7,15,23H,8-14,16H2,(H,29,32,33). The molecule has 3 aliphatic heterocycles. The molecule has 1 N–H and O–H groups in total. The van der Waals surface area contributed by atoms with Gasteiger partial charge in [0.2, 0.25) is 11.8 Å². The quantitative estimate of drug-likeness (QED) is 0.576. The van der Waals surface area contributed by atoms with Crippen LogP contribution >= 0.6 is 0 Å². The number of carbonyl (C=O) groups excluding carboxylic acids is 3. The summed E-state index contributed by atoms with van der Waals surface area (Å²) in [5, 5.41) is 4.24. The maximum Gasteiger partial charge on any atom is 0.259 e. The molecule has 3 aliphatic rings. The Bertz CT molecular complexity index is 1330. The van der Waals surface area contributed by atoms with Crippen LogP contribution in [0.5, 0.6) is 0 Å². The first-order valence-electron chi connectivity index (χ1n) is 12.0. The van der Waals surface area contributed by atoms with Crippen molar-refractivity contribution >= 4 is 34.2 Å². The number of hydrogen-bond acceptors (Lipinski definition) is 6. The first kappa shape index (κ1) is 21.9. The Balaban J connectivity index is 1.27. The summed E-state index contributed by atoms with van der Waals surface area (Å²) in [6.07, 6.45) is 3.18. The minimum Gasteiger partial charge on any atom is -0.379 e. The van der Waals surface area contributed by atoms with E-state index in [0.717, 1.165) is 66.1 Å². The van der Waals surface area contributed by atoms with Crippen LogP contribution < -0.4 is 10.2 Å². The highest BCUT2D eigenvalue weighted by molar-refractivity contribution is 6.27. The van der Waals surface area contributed by atoms with Crippen LogP contribution in [0.3, 0.4) is 0 Å². The highest BCUT2D eigenvalue weighted by Gasteiger charge is 2.40. The minimum absolute atomic E-state index is 0.189. The van der Waals surface area contributed by atoms with Crippen LogP contribution in [0, 0.1) is 0 Å². The molecule has 3 amide bonds. The van der Waals surface area contributed by atoms with Crippen LogP contribution in [0.2, 0.25) is 0 Å². The van der Waals surface area contributed by atoms with E-state index in [1.54, 1.807) is 4.90 Å². The van der Waals surface area contributed by atoms with Crippen LogP contribution in [-0.2, 0) is 27.3 Å². The molecule has 4 heterocycles. The second-order valence-corrected chi connectivity index (χ2v) is 9.34. The molecule has 178 valence electrons. The summed E-state index contributed by atoms with van der Waals surface area (Å²) in [5.74, 6) is -0.894. The van der Waals surface area contributed by atoms with Crippen molar-refractivity contribution in [2.75, 3.05) is 31.2 Å². The van der Waals surface area contributed by atoms with Gasteiger partial charge in [-0.1, -0.05) is 24.3 Å². The fraction of sp³-hybridized carbons (Fsp3) is 0.333. The fourth-order valence-electron chi connectivity index (χ4n) is 5.32. The van der Waals surface area contributed by atoms with E-state index in [0.29, 0.717) is 18.4 Å². The Kier molecular flexibility index (Phi) is 5.54. The van der Waals surface area contributed by atoms with E-state index in [4.69, 9.17) is 4.74 Å². The molecule has 2 saturated heterocycles. The normalized spacial score (nSPS) is 20.5. The Hall–Kier alpha value is -3.62. The van der Waals surface area contributed by atoms with Gasteiger partial charge in [0, 0.05) is 43.2 Å². The second-order valence-electron chi connectivity index (χ2n) is 9.34. The van der Waals surface area contributed by atoms with Gasteiger partial charge in [-0.2, -0.15) is 0 Å². The van der Waals surface area contributed by atoms with Crippen molar-refractivity contribution in [3.8, 4) is 0 Å². The maximum absolute atomic E-state index is 13.3. The molecular formula is C27H26N4O4. The summed E-state index contributed by atoms with van der Waals surface area (Å²) in [5.41, 5.74) is 4.58. The molecule has 0 bridgehead atoms. The molecule has 2 fully saturated rings. The third kappa shape index (κ3) is 3.98. The molecule has 2 aromatic carbocycles. The number of ether oxygens (including phenoxy) is 1. The van der Waals surface area contributed by atoms with Crippen molar-refractivity contribution in [3.05, 3.63) is 71.0 Å². The molecule has 3 aromatic rings. The zero-order chi connectivity index (χ0) is 23.9. The summed E-state index contributed by atoms with van der Waals surface area (Å²) in [4.78, 5) is 46.0. The highest BCUT2D eigenvalue weighted by atomic mass is 16.5. The van der Waals surface area contributed by atoms with Gasteiger partial charge in [0.1, 0.15) is 6.04 Å². The Labute approximate surface area is 202 Å². The smallest absolute Gasteiger partial charge is 0.259 e. The number of hydrogen-bond donors (Lipinski definition) is 1. The lowest BCUT2D eigenvalue weighted by molar-refractivity contribution is -0.134. The van der Waals surface area contributed by atoms with Crippen molar-refractivity contribution in [2.24, 2.45) is 0 Å². The summed E-state index contributed by atoms with van der Waals surface area (Å²) in [7, 11) is 0. The first-order chi connectivity index (χ1) is 17.1. The van der Waals surface area contributed by atoms with Gasteiger partial charge in [0.15, 0.2) is 0 Å². The monoisotopic (exact) mass is 470 g/mol. The number of anilines is 1. The number of piperidine rings is 1. The predicted molar refractivity (Wildman–Crippen MR) is 130 cm³/mol. The molecule has 6 rings (SSSR count). The van der Waals surface area contributed by atoms with Gasteiger partial charge in [-0.05, 0) is 47.6 Å². The van der Waals surface area contributed by atoms with E-state index >= 15 is 0 Å². The number of nitrogens with one attached hydrogen (secondary N) is 1. The molecule has 0 radical (unpaired) electrons. The van der Waals surface area contributed by atoms with Crippen molar-refractivity contribution in [1.82, 2.24) is 15.2 Å². The van der Waals surface area contributed by atoms with Gasteiger partial charge in [-0.15, -0.1) is 0 Å². The molecule has 1 atom stereocenters. The van der Waals surface area contributed by atoms with Gasteiger partial charge in [-0.25, -0.2) is 0 Å². The first-order valence-corrected chi connectivity index (χ1v) is 12.0. The van der Waals surface area contributed by atoms with Crippen molar-refractivity contribution < 1.29 is 19.1 Å². The Morgan fingerprint density at radius 2 is 1.89 bits per heavy atom. The van der Waals surface area contributed by atoms with E-state index in [1.165, 1.54) is 0 Å². The number of pyridine rings is 1. The second kappa shape index (κ2) is 8.87. The molecule has 1 aromatic heterocycles. The van der Waals surface area contributed by atoms with E-state index in [-0.39, 0.29) is 18.2 Å². The Morgan fingerprint density at radius 1 is 1.03 bits per heavy atom. The van der Waals surface area contributed by atoms with Gasteiger partial charge in [0.05, 0.1) is 24.6 Å². The molecular weight excluding hydrogens is 444 g/mol. The molecule has 0 spiro atoms. The molecule has 0 saturated carbocycles. The molecule has 8 heteroatoms. The van der Waals surface area contributed by atoms with Gasteiger partial charge >= 0.3 is 0 Å². The summed E-state index contributed by atoms with van der Waals surface area (Å²) >= 11 is 0. The molecule has 8 nitrogen and oxygen atoms in total. The number of amides is 3. The topological polar surface area (TPSA) is 91.8 Å². The number of imide groups is 1. The number of morpholine rings is 1. The van der Waals surface area contributed by atoms with Gasteiger partial charge in [0.25, 0.3) is 5.91 Å².